The van der Waals surface area contributed by atoms with Gasteiger partial charge in [-0.1, -0.05) is 25.9 Å². The molecule has 0 bridgehead atoms. The topological polar surface area (TPSA) is 59.2 Å². The summed E-state index contributed by atoms with van der Waals surface area (Å²) in [5.41, 5.74) is -0.148. The van der Waals surface area contributed by atoms with Crippen LogP contribution >= 0.6 is 0 Å². The molecule has 0 radical (unpaired) electrons. The number of rotatable bonds is 4. The van der Waals surface area contributed by atoms with Gasteiger partial charge in [-0.2, -0.15) is 4.98 Å². The summed E-state index contributed by atoms with van der Waals surface area (Å²) in [6.45, 7) is 6.00. The minimum Gasteiger partial charge on any atom is -0.392 e. The van der Waals surface area contributed by atoms with Crippen molar-refractivity contribution in [2.24, 2.45) is 11.3 Å². The molecule has 0 aromatic carbocycles. The second kappa shape index (κ2) is 4.17. The van der Waals surface area contributed by atoms with Gasteiger partial charge in [0.1, 0.15) is 0 Å². The van der Waals surface area contributed by atoms with E-state index in [0.717, 1.165) is 18.2 Å². The molecule has 0 amide bonds. The van der Waals surface area contributed by atoms with Crippen LogP contribution in [0.1, 0.15) is 45.3 Å². The summed E-state index contributed by atoms with van der Waals surface area (Å²) in [5.74, 6) is 2.11. The number of hydrogen-bond donors (Lipinski definition) is 1. The monoisotopic (exact) mass is 224 g/mol. The van der Waals surface area contributed by atoms with Crippen LogP contribution in [0, 0.1) is 11.3 Å². The van der Waals surface area contributed by atoms with Crippen LogP contribution in [-0.4, -0.2) is 21.4 Å². The first-order valence-electron chi connectivity index (χ1n) is 5.94. The zero-order valence-corrected chi connectivity index (χ0v) is 10.2. The second-order valence-electron chi connectivity index (χ2n) is 5.84. The Morgan fingerprint density at radius 3 is 2.69 bits per heavy atom. The van der Waals surface area contributed by atoms with Gasteiger partial charge in [0.25, 0.3) is 0 Å². The maximum absolute atomic E-state index is 9.91. The molecule has 1 aliphatic rings. The van der Waals surface area contributed by atoms with Crippen LogP contribution in [0.25, 0.3) is 0 Å². The maximum Gasteiger partial charge on any atom is 0.229 e. The average Bonchev–Trinajstić information content (AvgIpc) is 2.85. The first-order chi connectivity index (χ1) is 7.45. The molecule has 1 heterocycles. The van der Waals surface area contributed by atoms with Crippen molar-refractivity contribution in [2.75, 3.05) is 0 Å². The van der Waals surface area contributed by atoms with E-state index in [1.165, 1.54) is 12.8 Å². The van der Waals surface area contributed by atoms with E-state index in [0.29, 0.717) is 12.3 Å². The molecule has 0 saturated heterocycles. The molecular weight excluding hydrogens is 204 g/mol. The van der Waals surface area contributed by atoms with Gasteiger partial charge < -0.3 is 9.63 Å². The molecule has 1 atom stereocenters. The zero-order chi connectivity index (χ0) is 11.8. The molecule has 1 unspecified atom stereocenters. The summed E-state index contributed by atoms with van der Waals surface area (Å²) >= 11 is 0. The fourth-order valence-electron chi connectivity index (χ4n) is 1.51. The fraction of sp³-hybridized carbons (Fsp3) is 0.833. The first-order valence-corrected chi connectivity index (χ1v) is 5.94. The van der Waals surface area contributed by atoms with Gasteiger partial charge in [-0.05, 0) is 24.2 Å². The van der Waals surface area contributed by atoms with Gasteiger partial charge in [0.2, 0.25) is 5.89 Å². The van der Waals surface area contributed by atoms with Crippen molar-refractivity contribution >= 4 is 0 Å². The third-order valence-electron chi connectivity index (χ3n) is 3.05. The first kappa shape index (κ1) is 11.6. The predicted molar refractivity (Wildman–Crippen MR) is 59.9 cm³/mol. The number of aromatic nitrogens is 2. The molecule has 1 aromatic heterocycles. The average molecular weight is 224 g/mol. The van der Waals surface area contributed by atoms with Gasteiger partial charge in [-0.3, -0.25) is 0 Å². The normalized spacial score (nSPS) is 18.8. The van der Waals surface area contributed by atoms with Crippen LogP contribution in [0.5, 0.6) is 0 Å². The summed E-state index contributed by atoms with van der Waals surface area (Å²) in [5, 5.41) is 13.8. The molecule has 1 aromatic rings. The van der Waals surface area contributed by atoms with Crippen LogP contribution in [0.3, 0.4) is 0 Å². The van der Waals surface area contributed by atoms with Crippen LogP contribution in [0.2, 0.25) is 0 Å². The summed E-state index contributed by atoms with van der Waals surface area (Å²) in [6, 6.07) is 0. The minimum absolute atomic E-state index is 0.148. The molecule has 0 spiro atoms. The minimum atomic E-state index is -0.443. The van der Waals surface area contributed by atoms with Crippen LogP contribution < -0.4 is 0 Å². The third-order valence-corrected chi connectivity index (χ3v) is 3.05. The molecule has 1 saturated carbocycles. The Balaban J connectivity index is 1.91. The molecule has 16 heavy (non-hydrogen) atoms. The number of aliphatic hydroxyl groups excluding tert-OH is 1. The van der Waals surface area contributed by atoms with E-state index in [-0.39, 0.29) is 5.41 Å². The summed E-state index contributed by atoms with van der Waals surface area (Å²) in [6.07, 6.45) is 3.50. The van der Waals surface area contributed by atoms with Crippen LogP contribution in [0.4, 0.5) is 0 Å². The number of nitrogens with zero attached hydrogens (tertiary/aromatic N) is 2. The lowest BCUT2D eigenvalue weighted by molar-refractivity contribution is 0.0565. The fourth-order valence-corrected chi connectivity index (χ4v) is 1.51. The lowest BCUT2D eigenvalue weighted by Gasteiger charge is -2.24. The van der Waals surface area contributed by atoms with Crippen molar-refractivity contribution in [3.8, 4) is 0 Å². The van der Waals surface area contributed by atoms with E-state index in [2.05, 4.69) is 10.1 Å². The van der Waals surface area contributed by atoms with E-state index in [9.17, 15) is 5.11 Å². The van der Waals surface area contributed by atoms with Crippen molar-refractivity contribution in [1.82, 2.24) is 10.1 Å². The SMILES string of the molecule is CC(C)(C)C(O)Cc1nc(CC2CC2)no1. The van der Waals surface area contributed by atoms with Crippen molar-refractivity contribution in [2.45, 2.75) is 52.6 Å². The second-order valence-corrected chi connectivity index (χ2v) is 5.84. The molecule has 90 valence electrons. The van der Waals surface area contributed by atoms with Crippen molar-refractivity contribution in [3.05, 3.63) is 11.7 Å². The maximum atomic E-state index is 9.91. The Hall–Kier alpha value is -0.900. The highest BCUT2D eigenvalue weighted by atomic mass is 16.5. The van der Waals surface area contributed by atoms with Gasteiger partial charge in [-0.25, -0.2) is 0 Å². The van der Waals surface area contributed by atoms with E-state index >= 15 is 0 Å². The van der Waals surface area contributed by atoms with Crippen molar-refractivity contribution < 1.29 is 9.63 Å². The Morgan fingerprint density at radius 1 is 1.44 bits per heavy atom. The van der Waals surface area contributed by atoms with E-state index in [1.54, 1.807) is 0 Å². The zero-order valence-electron chi connectivity index (χ0n) is 10.2. The molecule has 4 heteroatoms. The van der Waals surface area contributed by atoms with Gasteiger partial charge in [0, 0.05) is 6.42 Å². The number of hydrogen-bond acceptors (Lipinski definition) is 4. The summed E-state index contributed by atoms with van der Waals surface area (Å²) in [4.78, 5) is 4.31. The largest absolute Gasteiger partial charge is 0.392 e. The van der Waals surface area contributed by atoms with Crippen LogP contribution in [-0.2, 0) is 12.8 Å². The lowest BCUT2D eigenvalue weighted by atomic mass is 9.87. The van der Waals surface area contributed by atoms with Gasteiger partial charge in [-0.15, -0.1) is 0 Å². The van der Waals surface area contributed by atoms with Gasteiger partial charge in [0.15, 0.2) is 5.82 Å². The summed E-state index contributed by atoms with van der Waals surface area (Å²) in [7, 11) is 0. The molecular formula is C12H20N2O2. The summed E-state index contributed by atoms with van der Waals surface area (Å²) < 4.78 is 5.14. The molecule has 1 N–H and O–H groups in total. The highest BCUT2D eigenvalue weighted by molar-refractivity contribution is 4.94. The van der Waals surface area contributed by atoms with Crippen molar-refractivity contribution in [3.63, 3.8) is 0 Å². The van der Waals surface area contributed by atoms with Crippen LogP contribution in [0.15, 0.2) is 4.52 Å². The van der Waals surface area contributed by atoms with Gasteiger partial charge >= 0.3 is 0 Å². The number of aliphatic hydroxyl groups is 1. The highest BCUT2D eigenvalue weighted by Gasteiger charge is 2.26. The van der Waals surface area contributed by atoms with E-state index in [4.69, 9.17) is 4.52 Å². The van der Waals surface area contributed by atoms with Gasteiger partial charge in [0.05, 0.1) is 12.5 Å². The van der Waals surface area contributed by atoms with Crippen molar-refractivity contribution in [1.29, 1.82) is 0 Å². The lowest BCUT2D eigenvalue weighted by Crippen LogP contribution is -2.28. The Labute approximate surface area is 96.1 Å². The molecule has 1 fully saturated rings. The molecule has 1 aliphatic carbocycles. The molecule has 4 nitrogen and oxygen atoms in total. The Kier molecular flexibility index (Phi) is 3.02. The predicted octanol–water partition coefficient (Wildman–Crippen LogP) is 1.97. The standard InChI is InChI=1S/C12H20N2O2/c1-12(2,3)9(15)7-11-13-10(14-16-11)6-8-4-5-8/h8-9,15H,4-7H2,1-3H3. The Morgan fingerprint density at radius 2 is 2.12 bits per heavy atom. The highest BCUT2D eigenvalue weighted by Crippen LogP contribution is 2.31. The Bertz CT molecular complexity index is 350. The smallest absolute Gasteiger partial charge is 0.229 e. The third kappa shape index (κ3) is 3.04. The van der Waals surface area contributed by atoms with E-state index < -0.39 is 6.10 Å². The molecule has 0 aliphatic heterocycles. The molecule has 2 rings (SSSR count). The quantitative estimate of drug-likeness (QED) is 0.849. The van der Waals surface area contributed by atoms with E-state index in [1.807, 2.05) is 20.8 Å².